The van der Waals surface area contributed by atoms with Gasteiger partial charge in [-0.2, -0.15) is 0 Å². The Morgan fingerprint density at radius 3 is 2.40 bits per heavy atom. The summed E-state index contributed by atoms with van der Waals surface area (Å²) in [5, 5.41) is 26.4. The van der Waals surface area contributed by atoms with E-state index >= 15 is 0 Å². The third-order valence-electron chi connectivity index (χ3n) is 1.14. The SMILES string of the molecule is CC(O)CC(C)(O)C=CO. The molecule has 0 aliphatic rings. The van der Waals surface area contributed by atoms with Crippen molar-refractivity contribution in [3.8, 4) is 0 Å². The Labute approximate surface area is 60.6 Å². The van der Waals surface area contributed by atoms with Crippen LogP contribution in [-0.2, 0) is 0 Å². The van der Waals surface area contributed by atoms with E-state index in [-0.39, 0.29) is 6.42 Å². The molecule has 2 unspecified atom stereocenters. The molecule has 0 aromatic carbocycles. The van der Waals surface area contributed by atoms with Crippen LogP contribution in [-0.4, -0.2) is 27.0 Å². The molecule has 0 fully saturated rings. The Bertz CT molecular complexity index is 116. The van der Waals surface area contributed by atoms with Gasteiger partial charge < -0.3 is 15.3 Å². The molecule has 0 aromatic rings. The molecule has 3 nitrogen and oxygen atoms in total. The molecule has 0 aliphatic heterocycles. The van der Waals surface area contributed by atoms with Gasteiger partial charge in [0.25, 0.3) is 0 Å². The lowest BCUT2D eigenvalue weighted by Crippen LogP contribution is -2.25. The van der Waals surface area contributed by atoms with Crippen molar-refractivity contribution in [2.45, 2.75) is 32.0 Å². The molecule has 0 spiro atoms. The fourth-order valence-corrected chi connectivity index (χ4v) is 0.827. The normalized spacial score (nSPS) is 20.8. The minimum Gasteiger partial charge on any atom is -0.516 e. The lowest BCUT2D eigenvalue weighted by atomic mass is 10.00. The van der Waals surface area contributed by atoms with Crippen molar-refractivity contribution < 1.29 is 15.3 Å². The van der Waals surface area contributed by atoms with Crippen molar-refractivity contribution in [3.63, 3.8) is 0 Å². The van der Waals surface area contributed by atoms with Crippen molar-refractivity contribution in [3.05, 3.63) is 12.3 Å². The van der Waals surface area contributed by atoms with Gasteiger partial charge >= 0.3 is 0 Å². The van der Waals surface area contributed by atoms with E-state index in [1.54, 1.807) is 6.92 Å². The summed E-state index contributed by atoms with van der Waals surface area (Å²) in [5.74, 6) is 0. The zero-order chi connectivity index (χ0) is 8.20. The summed E-state index contributed by atoms with van der Waals surface area (Å²) >= 11 is 0. The predicted molar refractivity (Wildman–Crippen MR) is 38.7 cm³/mol. The Hall–Kier alpha value is -0.540. The number of aliphatic hydroxyl groups is 3. The van der Waals surface area contributed by atoms with E-state index in [0.29, 0.717) is 0 Å². The molecular formula is C7H14O3. The van der Waals surface area contributed by atoms with Crippen molar-refractivity contribution in [1.29, 1.82) is 0 Å². The van der Waals surface area contributed by atoms with Gasteiger partial charge in [-0.05, 0) is 19.9 Å². The minimum atomic E-state index is -1.11. The Balaban J connectivity index is 3.86. The van der Waals surface area contributed by atoms with Crippen LogP contribution < -0.4 is 0 Å². The highest BCUT2D eigenvalue weighted by molar-refractivity contribution is 4.94. The van der Waals surface area contributed by atoms with Crippen LogP contribution in [0.3, 0.4) is 0 Å². The second-order valence-corrected chi connectivity index (χ2v) is 2.73. The van der Waals surface area contributed by atoms with Gasteiger partial charge in [0.05, 0.1) is 18.0 Å². The largest absolute Gasteiger partial charge is 0.516 e. The number of hydrogen-bond acceptors (Lipinski definition) is 3. The first kappa shape index (κ1) is 9.46. The third-order valence-corrected chi connectivity index (χ3v) is 1.14. The molecule has 0 aromatic heterocycles. The zero-order valence-corrected chi connectivity index (χ0v) is 6.28. The highest BCUT2D eigenvalue weighted by Crippen LogP contribution is 2.12. The Morgan fingerprint density at radius 1 is 1.60 bits per heavy atom. The van der Waals surface area contributed by atoms with Gasteiger partial charge in [0.1, 0.15) is 0 Å². The molecule has 0 saturated carbocycles. The quantitative estimate of drug-likeness (QED) is 0.510. The van der Waals surface area contributed by atoms with E-state index in [4.69, 9.17) is 10.2 Å². The van der Waals surface area contributed by atoms with Crippen LogP contribution in [0.25, 0.3) is 0 Å². The van der Waals surface area contributed by atoms with Gasteiger partial charge in [-0.15, -0.1) is 0 Å². The summed E-state index contributed by atoms with van der Waals surface area (Å²) in [4.78, 5) is 0. The first-order chi connectivity index (χ1) is 4.48. The molecule has 2 atom stereocenters. The third kappa shape index (κ3) is 4.35. The lowest BCUT2D eigenvalue weighted by Gasteiger charge is -2.19. The van der Waals surface area contributed by atoms with Crippen LogP contribution in [0.15, 0.2) is 12.3 Å². The maximum absolute atomic E-state index is 9.28. The minimum absolute atomic E-state index is 0.226. The summed E-state index contributed by atoms with van der Waals surface area (Å²) in [6.07, 6.45) is 1.68. The second-order valence-electron chi connectivity index (χ2n) is 2.73. The van der Waals surface area contributed by atoms with Gasteiger partial charge in [-0.25, -0.2) is 0 Å². The average molecular weight is 146 g/mol. The summed E-state index contributed by atoms with van der Waals surface area (Å²) < 4.78 is 0. The van der Waals surface area contributed by atoms with E-state index in [2.05, 4.69) is 0 Å². The fraction of sp³-hybridized carbons (Fsp3) is 0.714. The first-order valence-corrected chi connectivity index (χ1v) is 3.20. The van der Waals surface area contributed by atoms with Crippen LogP contribution in [0.5, 0.6) is 0 Å². The van der Waals surface area contributed by atoms with E-state index < -0.39 is 11.7 Å². The number of hydrogen-bond donors (Lipinski definition) is 3. The molecule has 10 heavy (non-hydrogen) atoms. The Kier molecular flexibility index (Phi) is 3.39. The van der Waals surface area contributed by atoms with E-state index in [1.165, 1.54) is 13.0 Å². The smallest absolute Gasteiger partial charge is 0.0856 e. The van der Waals surface area contributed by atoms with Crippen molar-refractivity contribution in [2.24, 2.45) is 0 Å². The van der Waals surface area contributed by atoms with Crippen LogP contribution in [0.4, 0.5) is 0 Å². The van der Waals surface area contributed by atoms with Gasteiger partial charge in [0.2, 0.25) is 0 Å². The van der Waals surface area contributed by atoms with Crippen LogP contribution in [0.1, 0.15) is 20.3 Å². The molecule has 0 heterocycles. The number of rotatable bonds is 3. The maximum atomic E-state index is 9.28. The molecule has 0 bridgehead atoms. The van der Waals surface area contributed by atoms with E-state index in [0.717, 1.165) is 6.26 Å². The summed E-state index contributed by atoms with van der Waals surface area (Å²) in [6, 6.07) is 0. The standard InChI is InChI=1S/C7H14O3/c1-6(9)5-7(2,10)3-4-8/h3-4,6,8-10H,5H2,1-2H3. The monoisotopic (exact) mass is 146 g/mol. The molecule has 0 radical (unpaired) electrons. The van der Waals surface area contributed by atoms with Crippen molar-refractivity contribution >= 4 is 0 Å². The van der Waals surface area contributed by atoms with E-state index in [9.17, 15) is 5.11 Å². The highest BCUT2D eigenvalue weighted by Gasteiger charge is 2.18. The van der Waals surface area contributed by atoms with Crippen LogP contribution >= 0.6 is 0 Å². The Morgan fingerprint density at radius 2 is 2.10 bits per heavy atom. The molecule has 0 saturated heterocycles. The summed E-state index contributed by atoms with van der Waals surface area (Å²) in [7, 11) is 0. The molecule has 0 aliphatic carbocycles. The van der Waals surface area contributed by atoms with Gasteiger partial charge in [-0.3, -0.25) is 0 Å². The fourth-order valence-electron chi connectivity index (χ4n) is 0.827. The van der Waals surface area contributed by atoms with Gasteiger partial charge in [0, 0.05) is 6.42 Å². The van der Waals surface area contributed by atoms with Crippen LogP contribution in [0, 0.1) is 0 Å². The highest BCUT2D eigenvalue weighted by atomic mass is 16.3. The van der Waals surface area contributed by atoms with Gasteiger partial charge in [-0.1, -0.05) is 0 Å². The first-order valence-electron chi connectivity index (χ1n) is 3.20. The molecule has 3 heteroatoms. The van der Waals surface area contributed by atoms with Crippen molar-refractivity contribution in [2.75, 3.05) is 0 Å². The lowest BCUT2D eigenvalue weighted by molar-refractivity contribution is 0.0463. The predicted octanol–water partition coefficient (Wildman–Crippen LogP) is 0.580. The molecule has 3 N–H and O–H groups in total. The van der Waals surface area contributed by atoms with Gasteiger partial charge in [0.15, 0.2) is 0 Å². The average Bonchev–Trinajstić information content (AvgIpc) is 1.59. The van der Waals surface area contributed by atoms with Crippen LogP contribution in [0.2, 0.25) is 0 Å². The molecule has 0 rings (SSSR count). The number of aliphatic hydroxyl groups excluding tert-OH is 2. The summed E-state index contributed by atoms with van der Waals surface area (Å²) in [6.45, 7) is 3.10. The maximum Gasteiger partial charge on any atom is 0.0856 e. The topological polar surface area (TPSA) is 60.7 Å². The zero-order valence-electron chi connectivity index (χ0n) is 6.28. The summed E-state index contributed by atoms with van der Waals surface area (Å²) in [5.41, 5.74) is -1.11. The molecule has 60 valence electrons. The van der Waals surface area contributed by atoms with Crippen molar-refractivity contribution in [1.82, 2.24) is 0 Å². The molecular weight excluding hydrogens is 132 g/mol. The second kappa shape index (κ2) is 3.58. The van der Waals surface area contributed by atoms with E-state index in [1.807, 2.05) is 0 Å². The molecule has 0 amide bonds.